The molecule has 2 atom stereocenters. The van der Waals surface area contributed by atoms with Gasteiger partial charge in [0.1, 0.15) is 6.04 Å². The highest BCUT2D eigenvalue weighted by Gasteiger charge is 2.20. The number of hydrogen-bond acceptors (Lipinski definition) is 4. The summed E-state index contributed by atoms with van der Waals surface area (Å²) in [7, 11) is 0. The highest BCUT2D eigenvalue weighted by molar-refractivity contribution is 5.84. The van der Waals surface area contributed by atoms with Crippen LogP contribution in [0.3, 0.4) is 0 Å². The zero-order chi connectivity index (χ0) is 14.2. The van der Waals surface area contributed by atoms with Gasteiger partial charge in [-0.2, -0.15) is 0 Å². The van der Waals surface area contributed by atoms with Crippen LogP contribution in [0.1, 0.15) is 19.3 Å². The van der Waals surface area contributed by atoms with Gasteiger partial charge < -0.3 is 21.3 Å². The summed E-state index contributed by atoms with van der Waals surface area (Å²) in [6, 6.07) is -0.400. The molecule has 2 unspecified atom stereocenters. The van der Waals surface area contributed by atoms with Crippen molar-refractivity contribution in [2.24, 2.45) is 0 Å². The van der Waals surface area contributed by atoms with E-state index in [1.807, 2.05) is 12.2 Å². The SMILES string of the molecule is O=C(NCCNC(=O)C1CCCCN1)C1C=CC=CN1. The van der Waals surface area contributed by atoms with Crippen LogP contribution >= 0.6 is 0 Å². The molecule has 4 N–H and O–H groups in total. The maximum Gasteiger partial charge on any atom is 0.246 e. The summed E-state index contributed by atoms with van der Waals surface area (Å²) in [6.07, 6.45) is 10.3. The van der Waals surface area contributed by atoms with E-state index in [1.54, 1.807) is 12.3 Å². The molecule has 6 nitrogen and oxygen atoms in total. The van der Waals surface area contributed by atoms with Crippen LogP contribution in [-0.2, 0) is 9.59 Å². The van der Waals surface area contributed by atoms with Crippen molar-refractivity contribution in [1.82, 2.24) is 21.3 Å². The lowest BCUT2D eigenvalue weighted by Crippen LogP contribution is -2.49. The zero-order valence-corrected chi connectivity index (χ0v) is 11.5. The molecule has 6 heteroatoms. The Hall–Kier alpha value is -1.82. The number of allylic oxidation sites excluding steroid dienone is 2. The van der Waals surface area contributed by atoms with Gasteiger partial charge in [0.05, 0.1) is 6.04 Å². The predicted molar refractivity (Wildman–Crippen MR) is 76.9 cm³/mol. The largest absolute Gasteiger partial charge is 0.377 e. The maximum atomic E-state index is 11.8. The first-order valence-electron chi connectivity index (χ1n) is 7.15. The zero-order valence-electron chi connectivity index (χ0n) is 11.5. The van der Waals surface area contributed by atoms with Gasteiger partial charge >= 0.3 is 0 Å². The minimum absolute atomic E-state index is 0.0255. The Labute approximate surface area is 119 Å². The molecule has 2 aliphatic rings. The van der Waals surface area contributed by atoms with E-state index in [0.29, 0.717) is 13.1 Å². The molecule has 2 rings (SSSR count). The number of hydrogen-bond donors (Lipinski definition) is 4. The third-order valence-corrected chi connectivity index (χ3v) is 3.42. The summed E-state index contributed by atoms with van der Waals surface area (Å²) in [5.74, 6) is -0.0618. The van der Waals surface area contributed by atoms with Crippen molar-refractivity contribution in [3.8, 4) is 0 Å². The lowest BCUT2D eigenvalue weighted by atomic mass is 10.0. The average molecular weight is 278 g/mol. The summed E-state index contributed by atoms with van der Waals surface area (Å²) < 4.78 is 0. The Morgan fingerprint density at radius 1 is 1.10 bits per heavy atom. The fraction of sp³-hybridized carbons (Fsp3) is 0.571. The van der Waals surface area contributed by atoms with Crippen LogP contribution in [0.5, 0.6) is 0 Å². The third-order valence-electron chi connectivity index (χ3n) is 3.42. The normalized spacial score (nSPS) is 24.8. The van der Waals surface area contributed by atoms with Gasteiger partial charge in [-0.1, -0.05) is 18.6 Å². The Kier molecular flexibility index (Phi) is 5.61. The van der Waals surface area contributed by atoms with Gasteiger partial charge in [0.25, 0.3) is 0 Å². The molecule has 2 aliphatic heterocycles. The van der Waals surface area contributed by atoms with E-state index in [1.165, 1.54) is 0 Å². The molecule has 0 aliphatic carbocycles. The molecular weight excluding hydrogens is 256 g/mol. The maximum absolute atomic E-state index is 11.8. The molecular formula is C14H22N4O2. The van der Waals surface area contributed by atoms with Gasteiger partial charge in [0.2, 0.25) is 11.8 Å². The fourth-order valence-corrected chi connectivity index (χ4v) is 2.29. The van der Waals surface area contributed by atoms with Gasteiger partial charge in [0, 0.05) is 13.1 Å². The highest BCUT2D eigenvalue weighted by atomic mass is 16.2. The molecule has 0 radical (unpaired) electrons. The molecule has 0 saturated carbocycles. The highest BCUT2D eigenvalue weighted by Crippen LogP contribution is 2.06. The second-order valence-corrected chi connectivity index (χ2v) is 4.97. The average Bonchev–Trinajstić information content (AvgIpc) is 2.53. The Morgan fingerprint density at radius 3 is 2.55 bits per heavy atom. The van der Waals surface area contributed by atoms with Crippen LogP contribution in [0.25, 0.3) is 0 Å². The Morgan fingerprint density at radius 2 is 1.90 bits per heavy atom. The van der Waals surface area contributed by atoms with Crippen molar-refractivity contribution >= 4 is 11.8 Å². The van der Waals surface area contributed by atoms with Crippen molar-refractivity contribution in [3.05, 3.63) is 24.4 Å². The first kappa shape index (κ1) is 14.6. The number of piperidine rings is 1. The van der Waals surface area contributed by atoms with E-state index >= 15 is 0 Å². The molecule has 1 saturated heterocycles. The molecule has 0 aromatic heterocycles. The van der Waals surface area contributed by atoms with Crippen LogP contribution in [0.15, 0.2) is 24.4 Å². The topological polar surface area (TPSA) is 82.3 Å². The number of rotatable bonds is 5. The summed E-state index contributed by atoms with van der Waals surface area (Å²) in [5, 5.41) is 11.8. The van der Waals surface area contributed by atoms with Crippen LogP contribution in [0.4, 0.5) is 0 Å². The van der Waals surface area contributed by atoms with Crippen molar-refractivity contribution < 1.29 is 9.59 Å². The number of carbonyl (C=O) groups excluding carboxylic acids is 2. The summed E-state index contributed by atoms with van der Waals surface area (Å²) in [4.78, 5) is 23.6. The Balaban J connectivity index is 1.58. The lowest BCUT2D eigenvalue weighted by molar-refractivity contribution is -0.124. The number of carbonyl (C=O) groups is 2. The first-order chi connectivity index (χ1) is 9.77. The van der Waals surface area contributed by atoms with Crippen molar-refractivity contribution in [2.75, 3.05) is 19.6 Å². The van der Waals surface area contributed by atoms with E-state index in [0.717, 1.165) is 25.8 Å². The Bertz CT molecular complexity index is 400. The fourth-order valence-electron chi connectivity index (χ4n) is 2.29. The second-order valence-electron chi connectivity index (χ2n) is 4.97. The monoisotopic (exact) mass is 278 g/mol. The molecule has 0 aromatic carbocycles. The summed E-state index contributed by atoms with van der Waals surface area (Å²) in [5.41, 5.74) is 0. The first-order valence-corrected chi connectivity index (χ1v) is 7.15. The number of amides is 2. The van der Waals surface area contributed by atoms with Crippen LogP contribution in [0, 0.1) is 0 Å². The molecule has 2 heterocycles. The second kappa shape index (κ2) is 7.69. The van der Waals surface area contributed by atoms with Gasteiger partial charge in [-0.05, 0) is 31.7 Å². The molecule has 20 heavy (non-hydrogen) atoms. The van der Waals surface area contributed by atoms with E-state index in [9.17, 15) is 9.59 Å². The van der Waals surface area contributed by atoms with Gasteiger partial charge in [-0.3, -0.25) is 9.59 Å². The lowest BCUT2D eigenvalue weighted by Gasteiger charge is -2.22. The van der Waals surface area contributed by atoms with Crippen LogP contribution in [-0.4, -0.2) is 43.5 Å². The minimum Gasteiger partial charge on any atom is -0.377 e. The van der Waals surface area contributed by atoms with E-state index < -0.39 is 0 Å². The molecule has 0 bridgehead atoms. The molecule has 1 fully saturated rings. The van der Waals surface area contributed by atoms with Crippen molar-refractivity contribution in [1.29, 1.82) is 0 Å². The standard InChI is InChI=1S/C14H22N4O2/c19-13(11-5-1-3-7-15-11)17-9-10-18-14(20)12-6-2-4-8-16-12/h1,3,5,7,11-12,15-16H,2,4,6,8-10H2,(H,17,19)(H,18,20). The van der Waals surface area contributed by atoms with Gasteiger partial charge in [-0.15, -0.1) is 0 Å². The van der Waals surface area contributed by atoms with Crippen molar-refractivity contribution in [3.63, 3.8) is 0 Å². The summed E-state index contributed by atoms with van der Waals surface area (Å²) >= 11 is 0. The molecule has 0 aromatic rings. The number of dihydropyridines is 1. The molecule has 2 amide bonds. The van der Waals surface area contributed by atoms with Crippen LogP contribution < -0.4 is 21.3 Å². The molecule has 0 spiro atoms. The van der Waals surface area contributed by atoms with Gasteiger partial charge in [0.15, 0.2) is 0 Å². The molecule has 110 valence electrons. The van der Waals surface area contributed by atoms with E-state index in [-0.39, 0.29) is 23.9 Å². The third kappa shape index (κ3) is 4.38. The smallest absolute Gasteiger partial charge is 0.246 e. The quantitative estimate of drug-likeness (QED) is 0.506. The van der Waals surface area contributed by atoms with Crippen molar-refractivity contribution in [2.45, 2.75) is 31.3 Å². The minimum atomic E-state index is -0.323. The summed E-state index contributed by atoms with van der Waals surface area (Å²) in [6.45, 7) is 1.80. The van der Waals surface area contributed by atoms with Gasteiger partial charge in [-0.25, -0.2) is 0 Å². The number of nitrogens with one attached hydrogen (secondary N) is 4. The predicted octanol–water partition coefficient (Wildman–Crippen LogP) is -0.597. The van der Waals surface area contributed by atoms with Crippen LogP contribution in [0.2, 0.25) is 0 Å². The van der Waals surface area contributed by atoms with E-state index in [4.69, 9.17) is 0 Å². The van der Waals surface area contributed by atoms with E-state index in [2.05, 4.69) is 21.3 Å².